The summed E-state index contributed by atoms with van der Waals surface area (Å²) in [6.07, 6.45) is 0. The van der Waals surface area contributed by atoms with Crippen molar-refractivity contribution in [2.24, 2.45) is 5.84 Å². The minimum atomic E-state index is -0.333. The normalized spacial score (nSPS) is 10.8. The van der Waals surface area contributed by atoms with Crippen LogP contribution in [0.2, 0.25) is 0 Å². The smallest absolute Gasteiger partial charge is 0.265 e. The molecule has 4 nitrogen and oxygen atoms in total. The van der Waals surface area contributed by atoms with E-state index in [4.69, 9.17) is 10.6 Å². The molecule has 4 aromatic carbocycles. The molecule has 0 radical (unpaired) electrons. The maximum absolute atomic E-state index is 12.5. The first-order chi connectivity index (χ1) is 12.7. The molecule has 26 heavy (non-hydrogen) atoms. The van der Waals surface area contributed by atoms with Gasteiger partial charge in [0.15, 0.2) is 0 Å². The number of hydrogen-bond donors (Lipinski definition) is 2. The van der Waals surface area contributed by atoms with E-state index in [-0.39, 0.29) is 5.91 Å². The van der Waals surface area contributed by atoms with E-state index in [1.807, 2.05) is 66.7 Å². The van der Waals surface area contributed by atoms with Gasteiger partial charge in [0.25, 0.3) is 5.91 Å². The molecule has 4 aromatic rings. The van der Waals surface area contributed by atoms with Crippen LogP contribution in [0.4, 0.5) is 0 Å². The van der Waals surface area contributed by atoms with Crippen LogP contribution in [0.25, 0.3) is 32.7 Å². The Hall–Kier alpha value is -3.37. The summed E-state index contributed by atoms with van der Waals surface area (Å²) in [5.41, 5.74) is 4.49. The molecular weight excluding hydrogens is 324 g/mol. The van der Waals surface area contributed by atoms with E-state index < -0.39 is 0 Å². The van der Waals surface area contributed by atoms with Crippen molar-refractivity contribution in [2.45, 2.75) is 0 Å². The van der Waals surface area contributed by atoms with Crippen LogP contribution >= 0.6 is 0 Å². The maximum atomic E-state index is 12.5. The molecule has 0 heterocycles. The Balaban J connectivity index is 2.21. The lowest BCUT2D eigenvalue weighted by Gasteiger charge is -2.17. The molecule has 0 aliphatic carbocycles. The number of amides is 1. The average Bonchev–Trinajstić information content (AvgIpc) is 2.71. The molecule has 0 spiro atoms. The third kappa shape index (κ3) is 2.48. The van der Waals surface area contributed by atoms with Crippen LogP contribution in [-0.2, 0) is 0 Å². The number of methoxy groups -OCH3 is 1. The fourth-order valence-electron chi connectivity index (χ4n) is 3.49. The van der Waals surface area contributed by atoms with E-state index in [1.165, 1.54) is 0 Å². The number of nitrogens with one attached hydrogen (secondary N) is 1. The summed E-state index contributed by atoms with van der Waals surface area (Å²) in [5.74, 6) is 5.83. The molecule has 0 aliphatic heterocycles. The van der Waals surface area contributed by atoms with Crippen molar-refractivity contribution in [1.29, 1.82) is 0 Å². The predicted molar refractivity (Wildman–Crippen MR) is 105 cm³/mol. The third-order valence-corrected chi connectivity index (χ3v) is 4.67. The van der Waals surface area contributed by atoms with E-state index in [0.717, 1.165) is 32.7 Å². The SMILES string of the molecule is COc1ccc2ccccc2c1-c1c(C(=O)NN)ccc2ccccc12. The second-order valence-electron chi connectivity index (χ2n) is 6.05. The van der Waals surface area contributed by atoms with Gasteiger partial charge in [-0.2, -0.15) is 0 Å². The van der Waals surface area contributed by atoms with Crippen LogP contribution in [0.5, 0.6) is 5.75 Å². The van der Waals surface area contributed by atoms with Crippen LogP contribution < -0.4 is 16.0 Å². The summed E-state index contributed by atoms with van der Waals surface area (Å²) in [6, 6.07) is 23.7. The number of hydrogen-bond acceptors (Lipinski definition) is 3. The molecule has 0 saturated heterocycles. The van der Waals surface area contributed by atoms with Crippen molar-refractivity contribution in [1.82, 2.24) is 5.43 Å². The first-order valence-electron chi connectivity index (χ1n) is 8.33. The van der Waals surface area contributed by atoms with Gasteiger partial charge < -0.3 is 4.74 Å². The number of fused-ring (bicyclic) bond motifs is 2. The highest BCUT2D eigenvalue weighted by Crippen LogP contribution is 2.42. The van der Waals surface area contributed by atoms with Gasteiger partial charge in [0, 0.05) is 16.7 Å². The highest BCUT2D eigenvalue weighted by molar-refractivity contribution is 6.15. The first kappa shape index (κ1) is 16.1. The fourth-order valence-corrected chi connectivity index (χ4v) is 3.49. The van der Waals surface area contributed by atoms with Gasteiger partial charge in [0.2, 0.25) is 0 Å². The molecule has 3 N–H and O–H groups in total. The fraction of sp³-hybridized carbons (Fsp3) is 0.0455. The van der Waals surface area contributed by atoms with Crippen LogP contribution in [0.15, 0.2) is 72.8 Å². The van der Waals surface area contributed by atoms with Gasteiger partial charge in [-0.15, -0.1) is 0 Å². The quantitative estimate of drug-likeness (QED) is 0.332. The number of nitrogen functional groups attached to an aromatic ring is 1. The van der Waals surface area contributed by atoms with E-state index >= 15 is 0 Å². The molecule has 0 fully saturated rings. The molecule has 0 saturated carbocycles. The van der Waals surface area contributed by atoms with Crippen molar-refractivity contribution < 1.29 is 9.53 Å². The van der Waals surface area contributed by atoms with Crippen molar-refractivity contribution in [2.75, 3.05) is 7.11 Å². The summed E-state index contributed by atoms with van der Waals surface area (Å²) in [7, 11) is 1.64. The Morgan fingerprint density at radius 1 is 0.808 bits per heavy atom. The number of rotatable bonds is 3. The second-order valence-corrected chi connectivity index (χ2v) is 6.05. The summed E-state index contributed by atoms with van der Waals surface area (Å²) in [6.45, 7) is 0. The van der Waals surface area contributed by atoms with E-state index in [9.17, 15) is 4.79 Å². The zero-order valence-electron chi connectivity index (χ0n) is 14.3. The summed E-state index contributed by atoms with van der Waals surface area (Å²) >= 11 is 0. The molecule has 4 rings (SSSR count). The van der Waals surface area contributed by atoms with E-state index in [1.54, 1.807) is 13.2 Å². The molecule has 0 aromatic heterocycles. The molecule has 0 atom stereocenters. The largest absolute Gasteiger partial charge is 0.496 e. The van der Waals surface area contributed by atoms with Crippen molar-refractivity contribution in [3.05, 3.63) is 78.4 Å². The van der Waals surface area contributed by atoms with Crippen LogP contribution in [-0.4, -0.2) is 13.0 Å². The Kier molecular flexibility index (Phi) is 4.03. The molecule has 4 heteroatoms. The average molecular weight is 342 g/mol. The lowest BCUT2D eigenvalue weighted by Crippen LogP contribution is -2.30. The molecule has 128 valence electrons. The summed E-state index contributed by atoms with van der Waals surface area (Å²) in [5, 5.41) is 4.12. The van der Waals surface area contributed by atoms with Gasteiger partial charge in [-0.1, -0.05) is 60.7 Å². The molecule has 0 unspecified atom stereocenters. The Labute approximate surface area is 151 Å². The van der Waals surface area contributed by atoms with Crippen molar-refractivity contribution >= 4 is 27.5 Å². The minimum absolute atomic E-state index is 0.333. The number of hydrazine groups is 1. The van der Waals surface area contributed by atoms with Gasteiger partial charge in [-0.3, -0.25) is 10.2 Å². The highest BCUT2D eigenvalue weighted by Gasteiger charge is 2.20. The van der Waals surface area contributed by atoms with E-state index in [0.29, 0.717) is 11.3 Å². The lowest BCUT2D eigenvalue weighted by atomic mass is 9.89. The number of ether oxygens (including phenoxy) is 1. The standard InChI is InChI=1S/C22H18N2O2/c1-26-19-13-11-15-7-3-5-9-17(15)21(19)20-16-8-4-2-6-14(16)10-12-18(20)22(25)24-23/h2-13H,23H2,1H3,(H,24,25). The zero-order chi connectivity index (χ0) is 18.1. The van der Waals surface area contributed by atoms with Gasteiger partial charge in [0.05, 0.1) is 7.11 Å². The number of nitrogens with two attached hydrogens (primary N) is 1. The van der Waals surface area contributed by atoms with Gasteiger partial charge >= 0.3 is 0 Å². The Bertz CT molecular complexity index is 1140. The van der Waals surface area contributed by atoms with Crippen molar-refractivity contribution in [3.8, 4) is 16.9 Å². The Morgan fingerprint density at radius 2 is 1.38 bits per heavy atom. The summed E-state index contributed by atoms with van der Waals surface area (Å²) in [4.78, 5) is 12.5. The molecular formula is C22H18N2O2. The van der Waals surface area contributed by atoms with Crippen LogP contribution in [0, 0.1) is 0 Å². The lowest BCUT2D eigenvalue weighted by molar-refractivity contribution is 0.0954. The van der Waals surface area contributed by atoms with Crippen LogP contribution in [0.3, 0.4) is 0 Å². The van der Waals surface area contributed by atoms with Crippen LogP contribution in [0.1, 0.15) is 10.4 Å². The van der Waals surface area contributed by atoms with Crippen molar-refractivity contribution in [3.63, 3.8) is 0 Å². The van der Waals surface area contributed by atoms with E-state index in [2.05, 4.69) is 5.43 Å². The number of carbonyl (C=O) groups is 1. The highest BCUT2D eigenvalue weighted by atomic mass is 16.5. The minimum Gasteiger partial charge on any atom is -0.496 e. The predicted octanol–water partition coefficient (Wildman–Crippen LogP) is 4.27. The number of carbonyl (C=O) groups excluding carboxylic acids is 1. The Morgan fingerprint density at radius 3 is 2.00 bits per heavy atom. The van der Waals surface area contributed by atoms with Gasteiger partial charge in [-0.05, 0) is 33.7 Å². The van der Waals surface area contributed by atoms with Gasteiger partial charge in [0.1, 0.15) is 5.75 Å². The first-order valence-corrected chi connectivity index (χ1v) is 8.33. The summed E-state index contributed by atoms with van der Waals surface area (Å²) < 4.78 is 5.66. The molecule has 0 aliphatic rings. The molecule has 0 bridgehead atoms. The maximum Gasteiger partial charge on any atom is 0.265 e. The van der Waals surface area contributed by atoms with Gasteiger partial charge in [-0.25, -0.2) is 5.84 Å². The number of benzene rings is 4. The topological polar surface area (TPSA) is 64.3 Å². The zero-order valence-corrected chi connectivity index (χ0v) is 14.3. The second kappa shape index (κ2) is 6.50. The third-order valence-electron chi connectivity index (χ3n) is 4.67. The monoisotopic (exact) mass is 342 g/mol. The molecule has 1 amide bonds.